The number of amides is 1. The van der Waals surface area contributed by atoms with Gasteiger partial charge in [-0.3, -0.25) is 9.20 Å². The molecule has 1 aliphatic heterocycles. The standard InChI is InChI=1S/C23H26FN3O2/c1-15-9-8-12-19-25-20(21(24)27(15)19)22(28)26-13-17(16-10-6-5-7-11-16)29-18(14-26)23(2,3)4/h5-12,17-18H,13-14H2,1-4H3/t17-,18+/m0/s1. The van der Waals surface area contributed by atoms with E-state index >= 15 is 4.39 Å². The van der Waals surface area contributed by atoms with E-state index in [0.29, 0.717) is 24.4 Å². The van der Waals surface area contributed by atoms with Crippen LogP contribution in [-0.2, 0) is 4.74 Å². The highest BCUT2D eigenvalue weighted by Crippen LogP contribution is 2.34. The van der Waals surface area contributed by atoms with Gasteiger partial charge < -0.3 is 9.64 Å². The van der Waals surface area contributed by atoms with Gasteiger partial charge in [-0.1, -0.05) is 57.2 Å². The molecule has 6 heteroatoms. The summed E-state index contributed by atoms with van der Waals surface area (Å²) in [5, 5.41) is 0. The number of hydrogen-bond acceptors (Lipinski definition) is 3. The van der Waals surface area contributed by atoms with Crippen molar-refractivity contribution in [1.82, 2.24) is 14.3 Å². The van der Waals surface area contributed by atoms with E-state index in [9.17, 15) is 4.79 Å². The van der Waals surface area contributed by atoms with E-state index in [0.717, 1.165) is 5.56 Å². The zero-order valence-electron chi connectivity index (χ0n) is 17.2. The Hall–Kier alpha value is -2.73. The van der Waals surface area contributed by atoms with Crippen LogP contribution in [0.1, 0.15) is 48.6 Å². The second kappa shape index (κ2) is 7.26. The Morgan fingerprint density at radius 2 is 1.83 bits per heavy atom. The molecule has 152 valence electrons. The first-order valence-corrected chi connectivity index (χ1v) is 9.89. The van der Waals surface area contributed by atoms with Crippen LogP contribution in [0, 0.1) is 18.3 Å². The largest absolute Gasteiger partial charge is 0.366 e. The first-order chi connectivity index (χ1) is 13.8. The van der Waals surface area contributed by atoms with Gasteiger partial charge in [-0.2, -0.15) is 4.39 Å². The predicted octanol–water partition coefficient (Wildman–Crippen LogP) is 4.41. The van der Waals surface area contributed by atoms with Gasteiger partial charge in [0, 0.05) is 12.2 Å². The van der Waals surface area contributed by atoms with Crippen LogP contribution < -0.4 is 0 Å². The summed E-state index contributed by atoms with van der Waals surface area (Å²) in [5.41, 5.74) is 1.83. The molecule has 0 bridgehead atoms. The number of benzene rings is 1. The first-order valence-electron chi connectivity index (χ1n) is 9.89. The molecule has 0 saturated carbocycles. The van der Waals surface area contributed by atoms with Crippen LogP contribution in [0.3, 0.4) is 0 Å². The zero-order chi connectivity index (χ0) is 20.8. The summed E-state index contributed by atoms with van der Waals surface area (Å²) < 4.78 is 22.8. The van der Waals surface area contributed by atoms with Crippen LogP contribution in [0.15, 0.2) is 48.5 Å². The lowest BCUT2D eigenvalue weighted by molar-refractivity contribution is -0.119. The van der Waals surface area contributed by atoms with Gasteiger partial charge in [0.25, 0.3) is 5.91 Å². The number of aromatic nitrogens is 2. The number of morpholine rings is 1. The number of nitrogens with zero attached hydrogens (tertiary/aromatic N) is 3. The lowest BCUT2D eigenvalue weighted by Crippen LogP contribution is -2.51. The van der Waals surface area contributed by atoms with Crippen molar-refractivity contribution in [3.63, 3.8) is 0 Å². The van der Waals surface area contributed by atoms with Gasteiger partial charge in [0.2, 0.25) is 5.95 Å². The number of rotatable bonds is 2. The van der Waals surface area contributed by atoms with Crippen molar-refractivity contribution < 1.29 is 13.9 Å². The Labute approximate surface area is 170 Å². The van der Waals surface area contributed by atoms with Crippen molar-refractivity contribution in [2.24, 2.45) is 5.41 Å². The number of hydrogen-bond donors (Lipinski definition) is 0. The minimum Gasteiger partial charge on any atom is -0.366 e. The topological polar surface area (TPSA) is 46.8 Å². The van der Waals surface area contributed by atoms with E-state index in [1.54, 1.807) is 30.0 Å². The molecule has 29 heavy (non-hydrogen) atoms. The van der Waals surface area contributed by atoms with Crippen molar-refractivity contribution in [2.45, 2.75) is 39.9 Å². The SMILES string of the molecule is Cc1cccc2nc(C(=O)N3C[C@@H](c4ccccc4)O[C@@H](C(C)(C)C)C3)c(F)n12. The number of fused-ring (bicyclic) bond motifs is 1. The van der Waals surface area contributed by atoms with E-state index in [-0.39, 0.29) is 23.3 Å². The van der Waals surface area contributed by atoms with Crippen molar-refractivity contribution in [1.29, 1.82) is 0 Å². The highest BCUT2D eigenvalue weighted by molar-refractivity contribution is 5.93. The Kier molecular flexibility index (Phi) is 4.90. The van der Waals surface area contributed by atoms with Crippen LogP contribution in [-0.4, -0.2) is 39.4 Å². The van der Waals surface area contributed by atoms with Gasteiger partial charge in [0.05, 0.1) is 12.6 Å². The molecule has 0 unspecified atom stereocenters. The Morgan fingerprint density at radius 3 is 2.48 bits per heavy atom. The van der Waals surface area contributed by atoms with Crippen LogP contribution in [0.4, 0.5) is 4.39 Å². The summed E-state index contributed by atoms with van der Waals surface area (Å²) in [6.45, 7) is 8.81. The number of halogens is 1. The fourth-order valence-corrected chi connectivity index (χ4v) is 3.75. The van der Waals surface area contributed by atoms with Crippen molar-refractivity contribution in [2.75, 3.05) is 13.1 Å². The van der Waals surface area contributed by atoms with Gasteiger partial charge in [0.1, 0.15) is 11.8 Å². The molecule has 3 aromatic rings. The first kappa shape index (κ1) is 19.6. The lowest BCUT2D eigenvalue weighted by Gasteiger charge is -2.43. The number of ether oxygens (including phenoxy) is 1. The maximum atomic E-state index is 15.1. The fourth-order valence-electron chi connectivity index (χ4n) is 3.75. The summed E-state index contributed by atoms with van der Waals surface area (Å²) in [5.74, 6) is -1.01. The second-order valence-electron chi connectivity index (χ2n) is 8.71. The monoisotopic (exact) mass is 395 g/mol. The van der Waals surface area contributed by atoms with Crippen LogP contribution in [0.5, 0.6) is 0 Å². The molecule has 1 fully saturated rings. The summed E-state index contributed by atoms with van der Waals surface area (Å²) in [6.07, 6.45) is -0.438. The van der Waals surface area contributed by atoms with Gasteiger partial charge >= 0.3 is 0 Å². The van der Waals surface area contributed by atoms with Crippen molar-refractivity contribution in [3.05, 3.63) is 71.4 Å². The number of carbonyl (C=O) groups excluding carboxylic acids is 1. The minimum absolute atomic E-state index is 0.138. The average molecular weight is 395 g/mol. The molecule has 0 N–H and O–H groups in total. The van der Waals surface area contributed by atoms with E-state index < -0.39 is 11.9 Å². The third-order valence-electron chi connectivity index (χ3n) is 5.51. The molecule has 5 nitrogen and oxygen atoms in total. The molecular formula is C23H26FN3O2. The molecule has 0 spiro atoms. The second-order valence-corrected chi connectivity index (χ2v) is 8.71. The van der Waals surface area contributed by atoms with Gasteiger partial charge in [-0.25, -0.2) is 4.98 Å². The lowest BCUT2D eigenvalue weighted by atomic mass is 9.87. The van der Waals surface area contributed by atoms with Gasteiger partial charge in [-0.15, -0.1) is 0 Å². The van der Waals surface area contributed by atoms with E-state index in [1.807, 2.05) is 30.3 Å². The summed E-state index contributed by atoms with van der Waals surface area (Å²) in [6, 6.07) is 15.2. The molecule has 1 aromatic carbocycles. The molecule has 1 amide bonds. The summed E-state index contributed by atoms with van der Waals surface area (Å²) in [7, 11) is 0. The summed E-state index contributed by atoms with van der Waals surface area (Å²) in [4.78, 5) is 19.3. The quantitative estimate of drug-likeness (QED) is 0.646. The number of carbonyl (C=O) groups is 1. The van der Waals surface area contributed by atoms with E-state index in [4.69, 9.17) is 4.74 Å². The number of aryl methyl sites for hydroxylation is 1. The summed E-state index contributed by atoms with van der Waals surface area (Å²) >= 11 is 0. The van der Waals surface area contributed by atoms with E-state index in [1.165, 1.54) is 4.40 Å². The number of imidazole rings is 1. The molecule has 1 saturated heterocycles. The van der Waals surface area contributed by atoms with Crippen molar-refractivity contribution in [3.8, 4) is 0 Å². The molecule has 2 atom stereocenters. The van der Waals surface area contributed by atoms with Gasteiger partial charge in [0.15, 0.2) is 5.69 Å². The van der Waals surface area contributed by atoms with Crippen LogP contribution >= 0.6 is 0 Å². The smallest absolute Gasteiger partial charge is 0.277 e. The Balaban J connectivity index is 1.70. The van der Waals surface area contributed by atoms with E-state index in [2.05, 4.69) is 25.8 Å². The minimum atomic E-state index is -0.613. The third kappa shape index (κ3) is 3.65. The molecule has 1 aliphatic rings. The molecule has 0 aliphatic carbocycles. The average Bonchev–Trinajstić information content (AvgIpc) is 3.05. The number of pyridine rings is 1. The molecule has 2 aromatic heterocycles. The zero-order valence-corrected chi connectivity index (χ0v) is 17.2. The third-order valence-corrected chi connectivity index (χ3v) is 5.51. The Bertz CT molecular complexity index is 1040. The molecular weight excluding hydrogens is 369 g/mol. The van der Waals surface area contributed by atoms with Crippen molar-refractivity contribution >= 4 is 11.6 Å². The normalized spacial score (nSPS) is 20.2. The highest BCUT2D eigenvalue weighted by atomic mass is 19.1. The van der Waals surface area contributed by atoms with Crippen LogP contribution in [0.2, 0.25) is 0 Å². The van der Waals surface area contributed by atoms with Gasteiger partial charge in [-0.05, 0) is 30.0 Å². The maximum Gasteiger partial charge on any atom is 0.277 e. The predicted molar refractivity (Wildman–Crippen MR) is 109 cm³/mol. The fraction of sp³-hybridized carbons (Fsp3) is 0.391. The Morgan fingerprint density at radius 1 is 1.10 bits per heavy atom. The molecule has 4 rings (SSSR count). The molecule has 0 radical (unpaired) electrons. The van der Waals surface area contributed by atoms with Crippen LogP contribution in [0.25, 0.3) is 5.65 Å². The maximum absolute atomic E-state index is 15.1. The highest BCUT2D eigenvalue weighted by Gasteiger charge is 2.39. The molecule has 3 heterocycles.